The van der Waals surface area contributed by atoms with Crippen LogP contribution in [0.2, 0.25) is 0 Å². The van der Waals surface area contributed by atoms with Crippen LogP contribution in [0, 0.1) is 0 Å². The van der Waals surface area contributed by atoms with E-state index in [2.05, 4.69) is 504 Å². The fraction of sp³-hybridized carbons (Fsp3) is 0.0339. The Labute approximate surface area is 716 Å². The lowest BCUT2D eigenvalue weighted by molar-refractivity contribution is 0.461. The molecule has 0 unspecified atom stereocenters. The van der Waals surface area contributed by atoms with Gasteiger partial charge in [-0.15, -0.1) is 0 Å². The predicted molar refractivity (Wildman–Crippen MR) is 513 cm³/mol. The summed E-state index contributed by atoms with van der Waals surface area (Å²) >= 11 is 0. The van der Waals surface area contributed by atoms with E-state index in [1.54, 1.807) is 0 Å². The van der Waals surface area contributed by atoms with Crippen LogP contribution in [0.4, 0.5) is 34.1 Å². The molecule has 0 N–H and O–H groups in total. The average Bonchev–Trinajstić information content (AvgIpc) is 0.734. The molecule has 19 aromatic carbocycles. The fourth-order valence-electron chi connectivity index (χ4n) is 16.7. The van der Waals surface area contributed by atoms with E-state index >= 15 is 0 Å². The van der Waals surface area contributed by atoms with Crippen LogP contribution in [0.25, 0.3) is 134 Å². The van der Waals surface area contributed by atoms with Crippen LogP contribution in [0.15, 0.2) is 479 Å². The molecule has 582 valence electrons. The van der Waals surface area contributed by atoms with E-state index in [9.17, 15) is 0 Å². The lowest BCUT2D eigenvalue weighted by Crippen LogP contribution is -2.19. The lowest BCUT2D eigenvalue weighted by atomic mass is 9.85. The highest BCUT2D eigenvalue weighted by Gasteiger charge is 2.31. The van der Waals surface area contributed by atoms with Crippen molar-refractivity contribution in [1.29, 1.82) is 0 Å². The van der Waals surface area contributed by atoms with Crippen molar-refractivity contribution in [2.75, 3.05) is 9.80 Å². The molecule has 4 nitrogen and oxygen atoms in total. The zero-order valence-electron chi connectivity index (χ0n) is 68.3. The van der Waals surface area contributed by atoms with Gasteiger partial charge in [0.1, 0.15) is 23.0 Å². The fourth-order valence-corrected chi connectivity index (χ4v) is 16.7. The second-order valence-corrected chi connectivity index (χ2v) is 32.0. The highest BCUT2D eigenvalue weighted by atomic mass is 16.5. The average molecular weight is 1570 g/mol. The number of hydrogen-bond acceptors (Lipinski definition) is 4. The van der Waals surface area contributed by atoms with Crippen LogP contribution < -0.4 is 19.3 Å². The summed E-state index contributed by atoms with van der Waals surface area (Å²) in [4.78, 5) is 5.05. The molecule has 0 aliphatic heterocycles. The maximum Gasteiger partial charge on any atom is 0.135 e. The molecule has 0 bridgehead atoms. The second-order valence-electron chi connectivity index (χ2n) is 32.0. The first-order valence-corrected chi connectivity index (χ1v) is 41.8. The Balaban J connectivity index is 0.929. The van der Waals surface area contributed by atoms with Gasteiger partial charge >= 0.3 is 0 Å². The van der Waals surface area contributed by atoms with Gasteiger partial charge in [0, 0.05) is 63.1 Å². The molecule has 122 heavy (non-hydrogen) atoms. The molecule has 0 aliphatic carbocycles. The first-order chi connectivity index (χ1) is 60.1. The van der Waals surface area contributed by atoms with Crippen molar-refractivity contribution in [2.24, 2.45) is 0 Å². The molecule has 0 amide bonds. The highest BCUT2D eigenvalue weighted by Crippen LogP contribution is 2.55. The predicted octanol–water partition coefficient (Wildman–Crippen LogP) is 33.5. The van der Waals surface area contributed by atoms with E-state index in [-0.39, 0.29) is 0 Å². The van der Waals surface area contributed by atoms with Gasteiger partial charge in [-0.1, -0.05) is 403 Å². The molecule has 0 aromatic heterocycles. The van der Waals surface area contributed by atoms with Crippen molar-refractivity contribution in [3.05, 3.63) is 485 Å². The van der Waals surface area contributed by atoms with Crippen molar-refractivity contribution in [3.63, 3.8) is 0 Å². The van der Waals surface area contributed by atoms with Crippen LogP contribution >= 0.6 is 0 Å². The summed E-state index contributed by atoms with van der Waals surface area (Å²) in [6.45, 7) is 7.01. The van der Waals surface area contributed by atoms with Crippen LogP contribution in [-0.2, 0) is 5.41 Å². The van der Waals surface area contributed by atoms with E-state index in [4.69, 9.17) is 9.47 Å². The normalized spacial score (nSPS) is 11.2. The summed E-state index contributed by atoms with van der Waals surface area (Å²) in [6.07, 6.45) is 0. The first-order valence-electron chi connectivity index (χ1n) is 41.8. The number of hydrogen-bond donors (Lipinski definition) is 0. The molecule has 0 radical (unpaired) electrons. The van der Waals surface area contributed by atoms with E-state index < -0.39 is 5.41 Å². The molecular formula is C118H88N2O2. The quantitative estimate of drug-likeness (QED) is 0.0675. The minimum Gasteiger partial charge on any atom is -0.457 e. The summed E-state index contributed by atoms with van der Waals surface area (Å²) in [6, 6.07) is 173. The summed E-state index contributed by atoms with van der Waals surface area (Å²) in [5.74, 6) is 2.47. The minimum absolute atomic E-state index is 0.467. The van der Waals surface area contributed by atoms with Gasteiger partial charge in [-0.3, -0.25) is 0 Å². The van der Waals surface area contributed by atoms with Crippen LogP contribution in [-0.4, -0.2) is 0 Å². The largest absolute Gasteiger partial charge is 0.457 e. The maximum absolute atomic E-state index is 7.70. The monoisotopic (exact) mass is 1560 g/mol. The molecule has 0 saturated carbocycles. The molecule has 0 fully saturated rings. The molecule has 19 aromatic rings. The van der Waals surface area contributed by atoms with Crippen molar-refractivity contribution >= 4 is 34.1 Å². The zero-order valence-corrected chi connectivity index (χ0v) is 68.3. The van der Waals surface area contributed by atoms with E-state index in [1.807, 2.05) is 6.07 Å². The Morgan fingerprint density at radius 3 is 0.803 bits per heavy atom. The number of rotatable bonds is 22. The molecule has 19 rings (SSSR count). The topological polar surface area (TPSA) is 24.9 Å². The molecule has 0 saturated heterocycles. The van der Waals surface area contributed by atoms with Gasteiger partial charge in [-0.05, 0) is 196 Å². The Kier molecular flexibility index (Phi) is 21.6. The van der Waals surface area contributed by atoms with Gasteiger partial charge in [0.15, 0.2) is 0 Å². The summed E-state index contributed by atoms with van der Waals surface area (Å²) < 4.78 is 15.1. The van der Waals surface area contributed by atoms with Gasteiger partial charge in [0.05, 0.1) is 17.1 Å². The van der Waals surface area contributed by atoms with Crippen LogP contribution in [0.3, 0.4) is 0 Å². The highest BCUT2D eigenvalue weighted by molar-refractivity contribution is 6.03. The molecule has 0 heterocycles. The Hall–Kier alpha value is -15.6. The SMILES string of the molecule is CC(C)(C)c1cc(N(c2cc(Oc3ccc(-c4ccccc4)cc3)cc(Oc3ccc(-c4ccccc4)cc3-c3ccccc3)c2)c2c(-c3cccc(-c4ccccc4)c3)cccc2-c2cccc(-c3ccccc3)c2)cc(N(c2cccc(-c3ccccc3)c2)c2c(-c3cccc(-c4ccccc4)c3)cccc2-c2cccc(-c3ccccc3)c2)c1. The zero-order chi connectivity index (χ0) is 82.1. The van der Waals surface area contributed by atoms with E-state index in [1.165, 1.54) is 0 Å². The third-order valence-electron chi connectivity index (χ3n) is 22.9. The number of anilines is 6. The third kappa shape index (κ3) is 16.6. The Morgan fingerprint density at radius 1 is 0.164 bits per heavy atom. The van der Waals surface area contributed by atoms with Crippen molar-refractivity contribution in [2.45, 2.75) is 26.2 Å². The third-order valence-corrected chi connectivity index (χ3v) is 22.9. The Bertz CT molecular complexity index is 6670. The lowest BCUT2D eigenvalue weighted by Gasteiger charge is -2.35. The summed E-state index contributed by atoms with van der Waals surface area (Å²) in [7, 11) is 0. The minimum atomic E-state index is -0.467. The molecule has 4 heteroatoms. The number of ether oxygens (including phenoxy) is 2. The maximum atomic E-state index is 7.70. The van der Waals surface area contributed by atoms with Crippen molar-refractivity contribution in [1.82, 2.24) is 0 Å². The summed E-state index contributed by atoms with van der Waals surface area (Å²) in [5.41, 5.74) is 31.9. The summed E-state index contributed by atoms with van der Waals surface area (Å²) in [5, 5.41) is 0. The van der Waals surface area contributed by atoms with Crippen molar-refractivity contribution < 1.29 is 9.47 Å². The van der Waals surface area contributed by atoms with Gasteiger partial charge < -0.3 is 19.3 Å². The van der Waals surface area contributed by atoms with Crippen molar-refractivity contribution in [3.8, 4) is 157 Å². The Morgan fingerprint density at radius 2 is 0.434 bits per heavy atom. The number of para-hydroxylation sites is 2. The van der Waals surface area contributed by atoms with Crippen LogP contribution in [0.5, 0.6) is 23.0 Å². The van der Waals surface area contributed by atoms with Gasteiger partial charge in [0.25, 0.3) is 0 Å². The molecule has 0 atom stereocenters. The van der Waals surface area contributed by atoms with Gasteiger partial charge in [-0.25, -0.2) is 0 Å². The van der Waals surface area contributed by atoms with Crippen LogP contribution in [0.1, 0.15) is 26.3 Å². The van der Waals surface area contributed by atoms with Gasteiger partial charge in [0.2, 0.25) is 0 Å². The number of nitrogens with zero attached hydrogens (tertiary/aromatic N) is 2. The van der Waals surface area contributed by atoms with E-state index in [0.29, 0.717) is 23.0 Å². The van der Waals surface area contributed by atoms with E-state index in [0.717, 1.165) is 173 Å². The second kappa shape index (κ2) is 34.5. The van der Waals surface area contributed by atoms with Gasteiger partial charge in [-0.2, -0.15) is 0 Å². The molecule has 0 spiro atoms. The smallest absolute Gasteiger partial charge is 0.135 e. The molecular weight excluding hydrogens is 1480 g/mol. The molecule has 0 aliphatic rings. The number of benzene rings is 19. The standard InChI is InChI=1S/C118H88N2O2/c1-118(2,3)102-77-104(119(103-60-32-55-96(75-103)88-45-22-9-23-46-88)116-110(98-56-28-51-92(71-98)84-37-14-5-15-38-84)61-33-62-111(116)99-57-29-52-93(72-99)85-39-16-6-17-40-85)79-105(78-102)120(117-112(100-58-30-53-94(73-100)86-41-18-7-19-42-86)63-34-64-113(117)101-59-31-54-95(74-101)87-43-20-8-21-44-87)106-80-108(121-107-68-65-90(66-69-107)83-35-12-4-13-36-83)82-109(81-106)122-115-70-67-97(89-47-24-10-25-48-89)76-114(115)91-49-26-11-27-50-91/h4-82H,1-3H3. The first kappa shape index (κ1) is 76.4.